The first kappa shape index (κ1) is 21.3. The number of quaternary nitrogens is 1. The Kier molecular flexibility index (Phi) is 8.18. The fourth-order valence-corrected chi connectivity index (χ4v) is 3.45. The molecule has 0 bridgehead atoms. The molecule has 0 radical (unpaired) electrons. The van der Waals surface area contributed by atoms with Gasteiger partial charge in [0, 0.05) is 31.8 Å². The van der Waals surface area contributed by atoms with Crippen LogP contribution in [0, 0.1) is 5.92 Å². The molecule has 2 N–H and O–H groups in total. The monoisotopic (exact) mass is 369 g/mol. The van der Waals surface area contributed by atoms with Crippen LogP contribution >= 0.6 is 0 Å². The van der Waals surface area contributed by atoms with Crippen molar-refractivity contribution >= 4 is 5.69 Å². The highest BCUT2D eigenvalue weighted by Crippen LogP contribution is 2.28. The normalized spacial score (nSPS) is 12.4. The molecular formula is C24H37N2O+. The predicted octanol–water partition coefficient (Wildman–Crippen LogP) is 4.43. The molecule has 27 heavy (non-hydrogen) atoms. The van der Waals surface area contributed by atoms with Crippen molar-refractivity contribution in [3.05, 3.63) is 59.7 Å². The molecule has 0 heterocycles. The summed E-state index contributed by atoms with van der Waals surface area (Å²) in [6.07, 6.45) is 1.41. The van der Waals surface area contributed by atoms with E-state index in [4.69, 9.17) is 4.74 Å². The number of nitrogens with zero attached hydrogens (tertiary/aromatic N) is 1. The Morgan fingerprint density at radius 3 is 2.04 bits per heavy atom. The molecule has 0 aromatic heterocycles. The topological polar surface area (TPSA) is 29.1 Å². The molecule has 0 fully saturated rings. The minimum atomic E-state index is 0.220. The van der Waals surface area contributed by atoms with E-state index in [0.717, 1.165) is 18.8 Å². The highest BCUT2D eigenvalue weighted by Gasteiger charge is 2.16. The second-order valence-electron chi connectivity index (χ2n) is 8.22. The summed E-state index contributed by atoms with van der Waals surface area (Å²) in [7, 11) is 4.16. The lowest BCUT2D eigenvalue weighted by molar-refractivity contribution is -0.671. The Balaban J connectivity index is 1.85. The lowest BCUT2D eigenvalue weighted by atomic mass is 9.86. The summed E-state index contributed by atoms with van der Waals surface area (Å²) in [5, 5.41) is 2.43. The number of benzene rings is 2. The lowest BCUT2D eigenvalue weighted by Gasteiger charge is -2.21. The molecular weight excluding hydrogens is 332 g/mol. The minimum absolute atomic E-state index is 0.220. The maximum Gasteiger partial charge on any atom is 0.119 e. The number of rotatable bonds is 10. The van der Waals surface area contributed by atoms with Gasteiger partial charge in [-0.3, -0.25) is 0 Å². The van der Waals surface area contributed by atoms with Crippen molar-refractivity contribution in [2.75, 3.05) is 25.5 Å². The van der Waals surface area contributed by atoms with E-state index in [9.17, 15) is 0 Å². The van der Waals surface area contributed by atoms with E-state index in [1.165, 1.54) is 23.2 Å². The van der Waals surface area contributed by atoms with Crippen LogP contribution in [0.15, 0.2) is 48.5 Å². The molecule has 0 saturated heterocycles. The molecule has 0 unspecified atom stereocenters. The molecule has 1 atom stereocenters. The predicted molar refractivity (Wildman–Crippen MR) is 116 cm³/mol. The van der Waals surface area contributed by atoms with Crippen LogP contribution in [0.3, 0.4) is 0 Å². The van der Waals surface area contributed by atoms with Gasteiger partial charge in [-0.05, 0) is 55.5 Å². The third-order valence-corrected chi connectivity index (χ3v) is 5.00. The highest BCUT2D eigenvalue weighted by atomic mass is 16.5. The summed E-state index contributed by atoms with van der Waals surface area (Å²) in [6.45, 7) is 11.0. The molecule has 148 valence electrons. The molecule has 0 aliphatic heterocycles. The van der Waals surface area contributed by atoms with Gasteiger partial charge in [-0.2, -0.15) is 0 Å². The third kappa shape index (κ3) is 6.91. The number of ether oxygens (including phenoxy) is 1. The van der Waals surface area contributed by atoms with Crippen LogP contribution in [0.4, 0.5) is 5.69 Å². The summed E-state index contributed by atoms with van der Waals surface area (Å²) in [5.41, 5.74) is 4.06. The molecule has 0 amide bonds. The smallest absolute Gasteiger partial charge is 0.119 e. The zero-order valence-electron chi connectivity index (χ0n) is 17.9. The summed E-state index contributed by atoms with van der Waals surface area (Å²) < 4.78 is 5.77. The Morgan fingerprint density at radius 1 is 0.889 bits per heavy atom. The maximum atomic E-state index is 5.77. The number of hydrogen-bond acceptors (Lipinski definition) is 2. The van der Waals surface area contributed by atoms with Crippen molar-refractivity contribution in [3.63, 3.8) is 0 Å². The first-order valence-corrected chi connectivity index (χ1v) is 10.2. The van der Waals surface area contributed by atoms with Crippen LogP contribution in [-0.2, 0) is 6.54 Å². The van der Waals surface area contributed by atoms with E-state index >= 15 is 0 Å². The molecule has 0 aliphatic rings. The van der Waals surface area contributed by atoms with Crippen LogP contribution in [0.1, 0.15) is 51.2 Å². The van der Waals surface area contributed by atoms with Gasteiger partial charge in [0.05, 0.1) is 12.6 Å². The standard InChI is InChI=1S/C24H36N2O/c1-18(2)24(21-9-13-23(14-10-21)27-19(3)4)15-16-25-17-20-7-11-22(12-8-20)26(5)6/h7-14,18-19,24-25H,15-17H2,1-6H3/p+1/t24-/m1/s1. The average Bonchev–Trinajstić information content (AvgIpc) is 2.62. The zero-order valence-corrected chi connectivity index (χ0v) is 17.9. The third-order valence-electron chi connectivity index (χ3n) is 5.00. The van der Waals surface area contributed by atoms with Crippen LogP contribution in [0.2, 0.25) is 0 Å². The first-order valence-electron chi connectivity index (χ1n) is 10.2. The Labute approximate surface area is 165 Å². The fraction of sp³-hybridized carbons (Fsp3) is 0.500. The number of anilines is 1. The van der Waals surface area contributed by atoms with Gasteiger partial charge in [0.2, 0.25) is 0 Å². The molecule has 2 aromatic carbocycles. The van der Waals surface area contributed by atoms with Crippen molar-refractivity contribution < 1.29 is 10.1 Å². The van der Waals surface area contributed by atoms with Gasteiger partial charge in [0.15, 0.2) is 0 Å². The minimum Gasteiger partial charge on any atom is -0.491 e. The van der Waals surface area contributed by atoms with E-state index < -0.39 is 0 Å². The van der Waals surface area contributed by atoms with Crippen molar-refractivity contribution in [3.8, 4) is 5.75 Å². The molecule has 0 saturated carbocycles. The van der Waals surface area contributed by atoms with Gasteiger partial charge in [-0.15, -0.1) is 0 Å². The summed E-state index contributed by atoms with van der Waals surface area (Å²) in [6, 6.07) is 17.6. The fourth-order valence-electron chi connectivity index (χ4n) is 3.45. The summed E-state index contributed by atoms with van der Waals surface area (Å²) in [4.78, 5) is 2.14. The second-order valence-corrected chi connectivity index (χ2v) is 8.22. The van der Waals surface area contributed by atoms with Gasteiger partial charge in [-0.25, -0.2) is 0 Å². The van der Waals surface area contributed by atoms with Crippen molar-refractivity contribution in [2.24, 2.45) is 5.92 Å². The highest BCUT2D eigenvalue weighted by molar-refractivity contribution is 5.45. The van der Waals surface area contributed by atoms with Gasteiger partial charge >= 0.3 is 0 Å². The summed E-state index contributed by atoms with van der Waals surface area (Å²) >= 11 is 0. The quantitative estimate of drug-likeness (QED) is 0.628. The molecule has 0 spiro atoms. The van der Waals surface area contributed by atoms with Crippen molar-refractivity contribution in [1.29, 1.82) is 0 Å². The number of nitrogens with two attached hydrogens (primary N) is 1. The zero-order chi connectivity index (χ0) is 19.8. The van der Waals surface area contributed by atoms with E-state index in [1.54, 1.807) is 0 Å². The SMILES string of the molecule is CC(C)Oc1ccc([C@H](CC[NH2+]Cc2ccc(N(C)C)cc2)C(C)C)cc1. The Hall–Kier alpha value is -2.00. The van der Waals surface area contributed by atoms with E-state index in [1.807, 2.05) is 0 Å². The summed E-state index contributed by atoms with van der Waals surface area (Å²) in [5.74, 6) is 2.18. The largest absolute Gasteiger partial charge is 0.491 e. The molecule has 3 nitrogen and oxygen atoms in total. The van der Waals surface area contributed by atoms with Gasteiger partial charge < -0.3 is 15.0 Å². The van der Waals surface area contributed by atoms with Crippen LogP contribution < -0.4 is 15.0 Å². The second kappa shape index (κ2) is 10.4. The first-order chi connectivity index (χ1) is 12.9. The van der Waals surface area contributed by atoms with Crippen LogP contribution in [-0.4, -0.2) is 26.7 Å². The Morgan fingerprint density at radius 2 is 1.52 bits per heavy atom. The molecule has 2 rings (SSSR count). The molecule has 0 aliphatic carbocycles. The van der Waals surface area contributed by atoms with Gasteiger partial charge in [0.1, 0.15) is 12.3 Å². The van der Waals surface area contributed by atoms with Crippen LogP contribution in [0.5, 0.6) is 5.75 Å². The van der Waals surface area contributed by atoms with Gasteiger partial charge in [-0.1, -0.05) is 38.1 Å². The Bertz CT molecular complexity index is 660. The molecule has 3 heteroatoms. The maximum absolute atomic E-state index is 5.77. The van der Waals surface area contributed by atoms with E-state index in [0.29, 0.717) is 11.8 Å². The van der Waals surface area contributed by atoms with Crippen molar-refractivity contribution in [1.82, 2.24) is 0 Å². The molecule has 2 aromatic rings. The van der Waals surface area contributed by atoms with Gasteiger partial charge in [0.25, 0.3) is 0 Å². The lowest BCUT2D eigenvalue weighted by Crippen LogP contribution is -2.82. The van der Waals surface area contributed by atoms with Crippen molar-refractivity contribution in [2.45, 2.75) is 52.7 Å². The average molecular weight is 370 g/mol. The van der Waals surface area contributed by atoms with E-state index in [-0.39, 0.29) is 6.10 Å². The van der Waals surface area contributed by atoms with Crippen LogP contribution in [0.25, 0.3) is 0 Å². The number of hydrogen-bond donors (Lipinski definition) is 1. The van der Waals surface area contributed by atoms with E-state index in [2.05, 4.69) is 101 Å².